The first kappa shape index (κ1) is 8.20. The van der Waals surface area contributed by atoms with Crippen molar-refractivity contribution in [3.63, 3.8) is 0 Å². The van der Waals surface area contributed by atoms with Crippen LogP contribution in [-0.4, -0.2) is 12.1 Å². The number of hydrogen-bond acceptors (Lipinski definition) is 2. The molecular formula is C11H12N2. The number of nitrogens with two attached hydrogens (primary N) is 1. The maximum atomic E-state index is 5.81. The van der Waals surface area contributed by atoms with Gasteiger partial charge in [0.05, 0.1) is 11.4 Å². The highest BCUT2D eigenvalue weighted by Crippen LogP contribution is 2.01. The van der Waals surface area contributed by atoms with Gasteiger partial charge >= 0.3 is 0 Å². The molecule has 0 fully saturated rings. The summed E-state index contributed by atoms with van der Waals surface area (Å²) < 4.78 is 0. The smallest absolute Gasteiger partial charge is 0.0883 e. The van der Waals surface area contributed by atoms with Gasteiger partial charge in [-0.1, -0.05) is 24.3 Å². The summed E-state index contributed by atoms with van der Waals surface area (Å²) in [4.78, 5) is 4.47. The molecule has 2 nitrogen and oxygen atoms in total. The Morgan fingerprint density at radius 1 is 1.46 bits per heavy atom. The first-order valence-electron chi connectivity index (χ1n) is 4.34. The topological polar surface area (TPSA) is 38.4 Å². The highest BCUT2D eigenvalue weighted by molar-refractivity contribution is 5.37. The van der Waals surface area contributed by atoms with E-state index < -0.39 is 0 Å². The zero-order chi connectivity index (χ0) is 9.26. The van der Waals surface area contributed by atoms with E-state index in [9.17, 15) is 0 Å². The molecule has 2 unspecified atom stereocenters. The lowest BCUT2D eigenvalue weighted by Gasteiger charge is -2.08. The average molecular weight is 172 g/mol. The van der Waals surface area contributed by atoms with Gasteiger partial charge in [0.1, 0.15) is 0 Å². The summed E-state index contributed by atoms with van der Waals surface area (Å²) in [5, 5.41) is 2.20. The van der Waals surface area contributed by atoms with E-state index in [-0.39, 0.29) is 12.1 Å². The van der Waals surface area contributed by atoms with Gasteiger partial charge in [-0.15, -0.1) is 6.58 Å². The summed E-state index contributed by atoms with van der Waals surface area (Å²) in [5.41, 5.74) is 5.81. The van der Waals surface area contributed by atoms with Crippen LogP contribution in [0.15, 0.2) is 41.9 Å². The predicted octanol–water partition coefficient (Wildman–Crippen LogP) is -0.0178. The van der Waals surface area contributed by atoms with Crippen LogP contribution in [0.1, 0.15) is 0 Å². The fraction of sp³-hybridized carbons (Fsp3) is 0.182. The maximum Gasteiger partial charge on any atom is 0.0883 e. The minimum Gasteiger partial charge on any atom is -0.322 e. The Balaban J connectivity index is 2.46. The Hall–Kier alpha value is -1.41. The summed E-state index contributed by atoms with van der Waals surface area (Å²) in [6.07, 6.45) is 3.82. The van der Waals surface area contributed by atoms with Crippen molar-refractivity contribution in [1.82, 2.24) is 0 Å². The molecule has 1 aliphatic rings. The Bertz CT molecular complexity index is 399. The van der Waals surface area contributed by atoms with Crippen LogP contribution in [0.25, 0.3) is 6.08 Å². The number of rotatable bonds is 2. The van der Waals surface area contributed by atoms with Gasteiger partial charge in [0.2, 0.25) is 0 Å². The van der Waals surface area contributed by atoms with Crippen molar-refractivity contribution in [1.29, 1.82) is 0 Å². The monoisotopic (exact) mass is 172 g/mol. The van der Waals surface area contributed by atoms with Crippen LogP contribution in [0.4, 0.5) is 0 Å². The molecule has 13 heavy (non-hydrogen) atoms. The second-order valence-corrected chi connectivity index (χ2v) is 3.16. The van der Waals surface area contributed by atoms with Crippen molar-refractivity contribution < 1.29 is 0 Å². The van der Waals surface area contributed by atoms with Crippen LogP contribution in [0, 0.1) is 0 Å². The Kier molecular flexibility index (Phi) is 1.99. The van der Waals surface area contributed by atoms with E-state index in [0.717, 1.165) is 5.36 Å². The summed E-state index contributed by atoms with van der Waals surface area (Å²) in [6.45, 7) is 3.66. The molecule has 0 spiro atoms. The highest BCUT2D eigenvalue weighted by atomic mass is 14.9. The third kappa shape index (κ3) is 1.40. The SMILES string of the molecule is C=CC(N)C1C=c2ccccc2=N1. The Morgan fingerprint density at radius 2 is 2.23 bits per heavy atom. The van der Waals surface area contributed by atoms with Crippen LogP contribution in [0.2, 0.25) is 0 Å². The minimum atomic E-state index is -0.0765. The Morgan fingerprint density at radius 3 is 2.92 bits per heavy atom. The highest BCUT2D eigenvalue weighted by Gasteiger charge is 2.13. The lowest BCUT2D eigenvalue weighted by atomic mass is 10.1. The summed E-state index contributed by atoms with van der Waals surface area (Å²) in [5.74, 6) is 0. The van der Waals surface area contributed by atoms with Crippen molar-refractivity contribution >= 4 is 6.08 Å². The fourth-order valence-electron chi connectivity index (χ4n) is 1.46. The molecule has 2 N–H and O–H groups in total. The molecule has 1 heterocycles. The van der Waals surface area contributed by atoms with Crippen molar-refractivity contribution in [3.8, 4) is 0 Å². The summed E-state index contributed by atoms with van der Waals surface area (Å²) in [7, 11) is 0. The van der Waals surface area contributed by atoms with Crippen LogP contribution in [-0.2, 0) is 0 Å². The van der Waals surface area contributed by atoms with Gasteiger partial charge in [0.15, 0.2) is 0 Å². The van der Waals surface area contributed by atoms with Gasteiger partial charge in [-0.25, -0.2) is 0 Å². The minimum absolute atomic E-state index is 0.0647. The molecule has 2 heteroatoms. The standard InChI is InChI=1S/C11H12N2/c1-2-9(12)11-7-8-5-3-4-6-10(8)13-11/h2-7,9,11H,1,12H2. The summed E-state index contributed by atoms with van der Waals surface area (Å²) >= 11 is 0. The first-order chi connectivity index (χ1) is 6.31. The zero-order valence-corrected chi connectivity index (χ0v) is 7.35. The largest absolute Gasteiger partial charge is 0.322 e. The molecule has 1 aromatic carbocycles. The van der Waals surface area contributed by atoms with Gasteiger partial charge in [-0.3, -0.25) is 4.99 Å². The molecule has 0 radical (unpaired) electrons. The lowest BCUT2D eigenvalue weighted by Crippen LogP contribution is -2.28. The predicted molar refractivity (Wildman–Crippen MR) is 53.6 cm³/mol. The molecule has 66 valence electrons. The summed E-state index contributed by atoms with van der Waals surface area (Å²) in [6, 6.07) is 8.03. The molecule has 1 aromatic rings. The molecule has 2 atom stereocenters. The average Bonchev–Trinajstić information content (AvgIpc) is 2.59. The van der Waals surface area contributed by atoms with E-state index in [1.807, 2.05) is 18.2 Å². The molecule has 0 saturated heterocycles. The number of nitrogens with zero attached hydrogens (tertiary/aromatic N) is 1. The molecule has 1 aliphatic heterocycles. The van der Waals surface area contributed by atoms with Gasteiger partial charge in [0.25, 0.3) is 0 Å². The van der Waals surface area contributed by atoms with Gasteiger partial charge < -0.3 is 5.73 Å². The third-order valence-electron chi connectivity index (χ3n) is 2.24. The maximum absolute atomic E-state index is 5.81. The molecule has 2 rings (SSSR count). The van der Waals surface area contributed by atoms with E-state index in [0.29, 0.717) is 0 Å². The van der Waals surface area contributed by atoms with Crippen molar-refractivity contribution in [2.45, 2.75) is 12.1 Å². The molecule has 0 aliphatic carbocycles. The van der Waals surface area contributed by atoms with E-state index in [1.54, 1.807) is 6.08 Å². The van der Waals surface area contributed by atoms with Gasteiger partial charge in [-0.05, 0) is 17.4 Å². The molecule has 0 amide bonds. The lowest BCUT2D eigenvalue weighted by molar-refractivity contribution is 0.731. The van der Waals surface area contributed by atoms with Crippen LogP contribution < -0.4 is 16.3 Å². The van der Waals surface area contributed by atoms with Gasteiger partial charge in [0, 0.05) is 6.04 Å². The van der Waals surface area contributed by atoms with Gasteiger partial charge in [-0.2, -0.15) is 0 Å². The number of fused-ring (bicyclic) bond motifs is 1. The Labute approximate surface area is 77.1 Å². The van der Waals surface area contributed by atoms with Crippen molar-refractivity contribution in [2.75, 3.05) is 0 Å². The fourth-order valence-corrected chi connectivity index (χ4v) is 1.46. The first-order valence-corrected chi connectivity index (χ1v) is 4.34. The van der Waals surface area contributed by atoms with E-state index in [2.05, 4.69) is 23.7 Å². The van der Waals surface area contributed by atoms with Crippen molar-refractivity contribution in [2.24, 2.45) is 10.7 Å². The second kappa shape index (κ2) is 3.15. The number of para-hydroxylation sites is 1. The quantitative estimate of drug-likeness (QED) is 0.626. The normalized spacial score (nSPS) is 21.2. The van der Waals surface area contributed by atoms with E-state index in [1.165, 1.54) is 5.22 Å². The zero-order valence-electron chi connectivity index (χ0n) is 7.35. The molecule has 0 aromatic heterocycles. The molecular weight excluding hydrogens is 160 g/mol. The number of hydrogen-bond donors (Lipinski definition) is 1. The van der Waals surface area contributed by atoms with E-state index >= 15 is 0 Å². The number of benzene rings is 1. The van der Waals surface area contributed by atoms with Crippen LogP contribution in [0.5, 0.6) is 0 Å². The van der Waals surface area contributed by atoms with Crippen LogP contribution >= 0.6 is 0 Å². The second-order valence-electron chi connectivity index (χ2n) is 3.16. The van der Waals surface area contributed by atoms with Crippen molar-refractivity contribution in [3.05, 3.63) is 47.5 Å². The van der Waals surface area contributed by atoms with Crippen LogP contribution in [0.3, 0.4) is 0 Å². The molecule has 0 saturated carbocycles. The third-order valence-corrected chi connectivity index (χ3v) is 2.24. The van der Waals surface area contributed by atoms with E-state index in [4.69, 9.17) is 5.73 Å². The molecule has 0 bridgehead atoms.